The molecule has 3 aromatic heterocycles. The molecule has 1 aliphatic heterocycles. The van der Waals surface area contributed by atoms with Gasteiger partial charge in [-0.15, -0.1) is 0 Å². The normalized spacial score (nSPS) is 14.4. The average molecular weight is 800 g/mol. The number of aromatic carboxylic acids is 1. The molecule has 0 aliphatic carbocycles. The van der Waals surface area contributed by atoms with Crippen molar-refractivity contribution < 1.29 is 24.2 Å². The largest absolute Gasteiger partial charge is 0.494 e. The van der Waals surface area contributed by atoms with Crippen molar-refractivity contribution in [3.8, 4) is 22.6 Å². The molecular formula is C43H48Cl2N6O5. The van der Waals surface area contributed by atoms with Crippen molar-refractivity contribution in [3.05, 3.63) is 92.0 Å². The predicted molar refractivity (Wildman–Crippen MR) is 224 cm³/mol. The summed E-state index contributed by atoms with van der Waals surface area (Å²) in [6.45, 7) is 11.9. The minimum Gasteiger partial charge on any atom is -0.494 e. The molecule has 56 heavy (non-hydrogen) atoms. The van der Waals surface area contributed by atoms with Crippen LogP contribution in [0.15, 0.2) is 42.5 Å². The van der Waals surface area contributed by atoms with E-state index in [0.717, 1.165) is 60.9 Å². The number of aromatic nitrogens is 4. The first-order valence-electron chi connectivity index (χ1n) is 18.8. The number of aryl methyl sites for hydroxylation is 6. The quantitative estimate of drug-likeness (QED) is 0.123. The molecule has 3 aromatic carbocycles. The second kappa shape index (κ2) is 15.2. The number of anilines is 1. The molecule has 11 nitrogen and oxygen atoms in total. The predicted octanol–water partition coefficient (Wildman–Crippen LogP) is 8.95. The fraction of sp³-hybridized carbons (Fsp3) is 0.372. The third-order valence-electron chi connectivity index (χ3n) is 11.0. The van der Waals surface area contributed by atoms with Crippen molar-refractivity contribution in [1.82, 2.24) is 23.8 Å². The molecule has 7 rings (SSSR count). The van der Waals surface area contributed by atoms with Crippen LogP contribution in [-0.4, -0.2) is 81.2 Å². The molecule has 1 atom stereocenters. The highest BCUT2D eigenvalue weighted by molar-refractivity contribution is 6.35. The van der Waals surface area contributed by atoms with Gasteiger partial charge in [0.05, 0.1) is 34.0 Å². The summed E-state index contributed by atoms with van der Waals surface area (Å²) in [5, 5.41) is 17.8. The van der Waals surface area contributed by atoms with E-state index in [0.29, 0.717) is 72.2 Å². The third-order valence-corrected chi connectivity index (χ3v) is 11.9. The molecule has 0 bridgehead atoms. The van der Waals surface area contributed by atoms with E-state index in [1.807, 2.05) is 94.8 Å². The lowest BCUT2D eigenvalue weighted by molar-refractivity contribution is 0.0687. The van der Waals surface area contributed by atoms with Gasteiger partial charge in [0, 0.05) is 71.9 Å². The maximum absolute atomic E-state index is 15.3. The standard InChI is InChI=1S/C43H48Cl2N6O5/c1-23-17-29(18-24(2)38(23)45)55-15-10-11-31-32-12-13-33(44)37(36-26(4)46-49(9)27(36)5)40(32)51-25(3)22-50(42(52)41(31)51)34-21-30(56-16-14-47(6)7)19-28-20-35(43(53)54)48(8)39(28)34/h12-13,17-21,25H,10-11,14-16,22H2,1-9H3,(H,53,54). The topological polar surface area (TPSA) is 107 Å². The number of fused-ring (bicyclic) bond motifs is 4. The van der Waals surface area contributed by atoms with Crippen LogP contribution in [0.5, 0.6) is 11.5 Å². The van der Waals surface area contributed by atoms with Gasteiger partial charge in [-0.3, -0.25) is 9.48 Å². The van der Waals surface area contributed by atoms with Crippen LogP contribution in [0.2, 0.25) is 10.0 Å². The molecule has 1 amide bonds. The van der Waals surface area contributed by atoms with Crippen LogP contribution < -0.4 is 14.4 Å². The number of hydrogen-bond donors (Lipinski definition) is 1. The van der Waals surface area contributed by atoms with Gasteiger partial charge in [-0.1, -0.05) is 29.3 Å². The van der Waals surface area contributed by atoms with Gasteiger partial charge < -0.3 is 33.5 Å². The van der Waals surface area contributed by atoms with Gasteiger partial charge in [0.2, 0.25) is 0 Å². The Hall–Kier alpha value is -4.97. The van der Waals surface area contributed by atoms with Crippen LogP contribution in [0.25, 0.3) is 32.9 Å². The van der Waals surface area contributed by atoms with E-state index in [1.165, 1.54) is 0 Å². The molecule has 1 unspecified atom stereocenters. The summed E-state index contributed by atoms with van der Waals surface area (Å²) in [6.07, 6.45) is 1.19. The van der Waals surface area contributed by atoms with E-state index in [-0.39, 0.29) is 17.6 Å². The van der Waals surface area contributed by atoms with Crippen LogP contribution in [0, 0.1) is 27.7 Å². The Balaban J connectivity index is 1.39. The average Bonchev–Trinajstić information content (AvgIpc) is 3.74. The van der Waals surface area contributed by atoms with Crippen LogP contribution in [0.3, 0.4) is 0 Å². The second-order valence-corrected chi connectivity index (χ2v) is 16.0. The summed E-state index contributed by atoms with van der Waals surface area (Å²) < 4.78 is 18.1. The molecule has 6 aromatic rings. The number of likely N-dealkylation sites (N-methyl/N-ethyl adjacent to an activating group) is 1. The van der Waals surface area contributed by atoms with Gasteiger partial charge in [-0.05, 0) is 109 Å². The second-order valence-electron chi connectivity index (χ2n) is 15.2. The minimum atomic E-state index is -1.05. The van der Waals surface area contributed by atoms with Crippen LogP contribution in [-0.2, 0) is 20.5 Å². The Labute approximate surface area is 336 Å². The zero-order valence-corrected chi connectivity index (χ0v) is 34.9. The highest BCUT2D eigenvalue weighted by Crippen LogP contribution is 2.46. The van der Waals surface area contributed by atoms with Gasteiger partial charge in [0.15, 0.2) is 0 Å². The Kier molecular flexibility index (Phi) is 10.6. The van der Waals surface area contributed by atoms with Crippen molar-refractivity contribution in [1.29, 1.82) is 0 Å². The van der Waals surface area contributed by atoms with Crippen molar-refractivity contribution in [2.75, 3.05) is 45.3 Å². The summed E-state index contributed by atoms with van der Waals surface area (Å²) in [5.74, 6) is 0.0680. The van der Waals surface area contributed by atoms with Gasteiger partial charge in [-0.2, -0.15) is 5.10 Å². The molecule has 0 saturated carbocycles. The molecule has 1 aliphatic rings. The maximum Gasteiger partial charge on any atom is 0.352 e. The molecule has 0 saturated heterocycles. The van der Waals surface area contributed by atoms with Crippen molar-refractivity contribution >= 4 is 62.6 Å². The number of carboxylic acids is 1. The summed E-state index contributed by atoms with van der Waals surface area (Å²) in [4.78, 5) is 31.5. The van der Waals surface area contributed by atoms with E-state index in [2.05, 4.69) is 11.5 Å². The van der Waals surface area contributed by atoms with Gasteiger partial charge in [-0.25, -0.2) is 4.79 Å². The maximum atomic E-state index is 15.3. The fourth-order valence-electron chi connectivity index (χ4n) is 8.23. The van der Waals surface area contributed by atoms with Crippen molar-refractivity contribution in [2.24, 2.45) is 14.1 Å². The highest BCUT2D eigenvalue weighted by atomic mass is 35.5. The molecule has 1 N–H and O–H groups in total. The summed E-state index contributed by atoms with van der Waals surface area (Å²) >= 11 is 13.6. The Morgan fingerprint density at radius 1 is 0.946 bits per heavy atom. The number of halogens is 2. The number of benzene rings is 3. The smallest absolute Gasteiger partial charge is 0.352 e. The Morgan fingerprint density at radius 3 is 2.27 bits per heavy atom. The summed E-state index contributed by atoms with van der Waals surface area (Å²) in [7, 11) is 7.59. The number of carbonyl (C=O) groups excluding carboxylic acids is 1. The molecule has 0 fully saturated rings. The molecule has 0 radical (unpaired) electrons. The number of amides is 1. The third kappa shape index (κ3) is 6.79. The molecule has 13 heteroatoms. The number of hydrogen-bond acceptors (Lipinski definition) is 6. The number of rotatable bonds is 12. The summed E-state index contributed by atoms with van der Waals surface area (Å²) in [6, 6.07) is 13.0. The number of ether oxygens (including phenoxy) is 2. The molecular weight excluding hydrogens is 751 g/mol. The zero-order chi connectivity index (χ0) is 40.3. The van der Waals surface area contributed by atoms with Crippen LogP contribution in [0.1, 0.15) is 68.4 Å². The first kappa shape index (κ1) is 39.3. The van der Waals surface area contributed by atoms with Crippen molar-refractivity contribution in [2.45, 2.75) is 53.5 Å². The lowest BCUT2D eigenvalue weighted by Crippen LogP contribution is -2.43. The van der Waals surface area contributed by atoms with E-state index in [4.69, 9.17) is 37.8 Å². The SMILES string of the molecule is Cc1cc(OCCCc2c3n(c4c(-c5c(C)nn(C)c5C)c(Cl)ccc24)C(C)CN(c2cc(OCCN(C)C)cc4cc(C(=O)O)n(C)c24)C3=O)cc(C)c1Cl. The van der Waals surface area contributed by atoms with Gasteiger partial charge >= 0.3 is 5.97 Å². The first-order chi connectivity index (χ1) is 26.6. The van der Waals surface area contributed by atoms with E-state index < -0.39 is 5.97 Å². The van der Waals surface area contributed by atoms with E-state index in [1.54, 1.807) is 22.6 Å². The molecule has 4 heterocycles. The zero-order valence-electron chi connectivity index (χ0n) is 33.4. The molecule has 0 spiro atoms. The van der Waals surface area contributed by atoms with Crippen LogP contribution in [0.4, 0.5) is 5.69 Å². The number of carbonyl (C=O) groups is 2. The lowest BCUT2D eigenvalue weighted by atomic mass is 9.98. The van der Waals surface area contributed by atoms with Gasteiger partial charge in [0.1, 0.15) is 29.5 Å². The fourth-order valence-corrected chi connectivity index (χ4v) is 8.59. The number of nitrogens with zero attached hydrogens (tertiary/aromatic N) is 6. The van der Waals surface area contributed by atoms with Gasteiger partial charge in [0.25, 0.3) is 5.91 Å². The summed E-state index contributed by atoms with van der Waals surface area (Å²) in [5.41, 5.74) is 9.23. The van der Waals surface area contributed by atoms with E-state index in [9.17, 15) is 9.90 Å². The molecule has 294 valence electrons. The minimum absolute atomic E-state index is 0.117. The van der Waals surface area contributed by atoms with E-state index >= 15 is 4.79 Å². The highest BCUT2D eigenvalue weighted by Gasteiger charge is 2.38. The Morgan fingerprint density at radius 2 is 1.62 bits per heavy atom. The monoisotopic (exact) mass is 798 g/mol. The number of carboxylic acid groups (broad SMARTS) is 1. The first-order valence-corrected chi connectivity index (χ1v) is 19.6. The lowest BCUT2D eigenvalue weighted by Gasteiger charge is -2.35. The Bertz CT molecular complexity index is 2520. The van der Waals surface area contributed by atoms with Crippen LogP contribution >= 0.6 is 23.2 Å². The van der Waals surface area contributed by atoms with Crippen molar-refractivity contribution in [3.63, 3.8) is 0 Å².